The maximum Gasteiger partial charge on any atom is -0.0358 e. The van der Waals surface area contributed by atoms with E-state index < -0.39 is 0 Å². The molecule has 0 amide bonds. The van der Waals surface area contributed by atoms with E-state index in [1.165, 1.54) is 38.5 Å². The summed E-state index contributed by atoms with van der Waals surface area (Å²) in [6.07, 6.45) is 9.11. The maximum absolute atomic E-state index is 2.47. The second kappa shape index (κ2) is 3.40. The summed E-state index contributed by atoms with van der Waals surface area (Å²) in [5.74, 6) is 4.27. The molecule has 70 valence electrons. The Morgan fingerprint density at radius 2 is 1.08 bits per heavy atom. The van der Waals surface area contributed by atoms with Crippen LogP contribution in [0.4, 0.5) is 0 Å². The van der Waals surface area contributed by atoms with Crippen LogP contribution < -0.4 is 0 Å². The Bertz CT molecular complexity index is 132. The number of hydrogen-bond acceptors (Lipinski definition) is 0. The largest absolute Gasteiger partial charge is 0.0622 e. The highest BCUT2D eigenvalue weighted by Crippen LogP contribution is 2.46. The highest BCUT2D eigenvalue weighted by atomic mass is 14.4. The summed E-state index contributed by atoms with van der Waals surface area (Å²) in [4.78, 5) is 0. The fraction of sp³-hybridized carbons (Fsp3) is 1.00. The van der Waals surface area contributed by atoms with Gasteiger partial charge in [0, 0.05) is 0 Å². The van der Waals surface area contributed by atoms with E-state index in [-0.39, 0.29) is 0 Å². The van der Waals surface area contributed by atoms with Gasteiger partial charge in [0.25, 0.3) is 0 Å². The van der Waals surface area contributed by atoms with E-state index in [9.17, 15) is 0 Å². The van der Waals surface area contributed by atoms with Crippen LogP contribution in [0.15, 0.2) is 0 Å². The third-order valence-corrected chi connectivity index (χ3v) is 4.41. The molecule has 0 nitrogen and oxygen atoms in total. The highest BCUT2D eigenvalue weighted by molar-refractivity contribution is 4.86. The van der Waals surface area contributed by atoms with Crippen LogP contribution >= 0.6 is 0 Å². The molecule has 0 heterocycles. The molecule has 2 saturated carbocycles. The molecule has 2 aliphatic carbocycles. The molecule has 0 spiro atoms. The Kier molecular flexibility index (Phi) is 2.43. The molecule has 0 aromatic rings. The average molecular weight is 166 g/mol. The smallest absolute Gasteiger partial charge is 0.0358 e. The Balaban J connectivity index is 1.98. The molecule has 0 saturated heterocycles. The molecule has 1 unspecified atom stereocenters. The summed E-state index contributed by atoms with van der Waals surface area (Å²) in [6.45, 7) is 4.95. The van der Waals surface area contributed by atoms with Gasteiger partial charge in [-0.2, -0.15) is 0 Å². The van der Waals surface area contributed by atoms with Gasteiger partial charge in [-0.25, -0.2) is 0 Å². The molecule has 0 aliphatic heterocycles. The van der Waals surface area contributed by atoms with Crippen LogP contribution in [0.3, 0.4) is 0 Å². The summed E-state index contributed by atoms with van der Waals surface area (Å²) in [6, 6.07) is 0. The molecule has 2 fully saturated rings. The van der Waals surface area contributed by atoms with Crippen LogP contribution in [0.5, 0.6) is 0 Å². The Labute approximate surface area is 76.7 Å². The van der Waals surface area contributed by atoms with Crippen LogP contribution in [0.2, 0.25) is 0 Å². The quantitative estimate of drug-likeness (QED) is 0.555. The third-order valence-electron chi connectivity index (χ3n) is 4.41. The maximum atomic E-state index is 2.47. The van der Waals surface area contributed by atoms with Gasteiger partial charge in [-0.1, -0.05) is 39.5 Å². The SMILES string of the molecule is CC1CCC[C@H]1[C@@H]1CCC[C@@H]1C. The van der Waals surface area contributed by atoms with Crippen LogP contribution in [0, 0.1) is 23.7 Å². The number of rotatable bonds is 1. The lowest BCUT2D eigenvalue weighted by atomic mass is 9.79. The van der Waals surface area contributed by atoms with Crippen molar-refractivity contribution in [2.24, 2.45) is 23.7 Å². The monoisotopic (exact) mass is 166 g/mol. The van der Waals surface area contributed by atoms with Gasteiger partial charge >= 0.3 is 0 Å². The lowest BCUT2D eigenvalue weighted by molar-refractivity contribution is 0.230. The lowest BCUT2D eigenvalue weighted by Crippen LogP contribution is -2.19. The molecule has 0 heteroatoms. The minimum atomic E-state index is 1.04. The van der Waals surface area contributed by atoms with Crippen molar-refractivity contribution in [3.63, 3.8) is 0 Å². The minimum absolute atomic E-state index is 1.04. The zero-order chi connectivity index (χ0) is 8.55. The van der Waals surface area contributed by atoms with Crippen LogP contribution in [-0.2, 0) is 0 Å². The van der Waals surface area contributed by atoms with Crippen molar-refractivity contribution >= 4 is 0 Å². The molecule has 12 heavy (non-hydrogen) atoms. The fourth-order valence-electron chi connectivity index (χ4n) is 3.62. The molecular weight excluding hydrogens is 144 g/mol. The molecule has 0 bridgehead atoms. The molecular formula is C12H22. The van der Waals surface area contributed by atoms with E-state index in [0.717, 1.165) is 23.7 Å². The third kappa shape index (κ3) is 1.41. The van der Waals surface area contributed by atoms with Gasteiger partial charge in [-0.05, 0) is 36.5 Å². The first-order valence-corrected chi connectivity index (χ1v) is 5.79. The van der Waals surface area contributed by atoms with Gasteiger partial charge in [-0.15, -0.1) is 0 Å². The standard InChI is InChI=1S/C12H22/c1-9-5-3-7-11(9)12-8-4-6-10(12)2/h9-12H,3-8H2,1-2H3/t9-,10?,11+,12+/m0/s1. The van der Waals surface area contributed by atoms with E-state index in [4.69, 9.17) is 0 Å². The molecule has 0 N–H and O–H groups in total. The van der Waals surface area contributed by atoms with Crippen molar-refractivity contribution in [3.8, 4) is 0 Å². The molecule has 0 radical (unpaired) electrons. The van der Waals surface area contributed by atoms with E-state index in [1.54, 1.807) is 0 Å². The van der Waals surface area contributed by atoms with Crippen molar-refractivity contribution in [2.75, 3.05) is 0 Å². The van der Waals surface area contributed by atoms with Crippen LogP contribution in [0.25, 0.3) is 0 Å². The first kappa shape index (κ1) is 8.59. The molecule has 4 atom stereocenters. The lowest BCUT2D eigenvalue weighted by Gasteiger charge is -2.26. The van der Waals surface area contributed by atoms with Crippen molar-refractivity contribution < 1.29 is 0 Å². The fourth-order valence-corrected chi connectivity index (χ4v) is 3.62. The summed E-state index contributed by atoms with van der Waals surface area (Å²) in [5, 5.41) is 0. The van der Waals surface area contributed by atoms with E-state index in [1.807, 2.05) is 0 Å². The summed E-state index contributed by atoms with van der Waals surface area (Å²) in [7, 11) is 0. The topological polar surface area (TPSA) is 0 Å². The predicted octanol–water partition coefficient (Wildman–Crippen LogP) is 3.86. The Morgan fingerprint density at radius 3 is 1.33 bits per heavy atom. The van der Waals surface area contributed by atoms with Crippen molar-refractivity contribution in [1.29, 1.82) is 0 Å². The van der Waals surface area contributed by atoms with E-state index >= 15 is 0 Å². The molecule has 0 aromatic carbocycles. The van der Waals surface area contributed by atoms with Crippen molar-refractivity contribution in [3.05, 3.63) is 0 Å². The second-order valence-corrected chi connectivity index (χ2v) is 5.14. The van der Waals surface area contributed by atoms with Gasteiger partial charge in [0.2, 0.25) is 0 Å². The molecule has 2 aliphatic rings. The Hall–Kier alpha value is 0. The molecule has 0 aromatic heterocycles. The number of hydrogen-bond donors (Lipinski definition) is 0. The summed E-state index contributed by atoms with van der Waals surface area (Å²) in [5.41, 5.74) is 0. The summed E-state index contributed by atoms with van der Waals surface area (Å²) < 4.78 is 0. The van der Waals surface area contributed by atoms with E-state index in [2.05, 4.69) is 13.8 Å². The summed E-state index contributed by atoms with van der Waals surface area (Å²) >= 11 is 0. The van der Waals surface area contributed by atoms with Crippen LogP contribution in [0.1, 0.15) is 52.4 Å². The van der Waals surface area contributed by atoms with Gasteiger partial charge in [0.15, 0.2) is 0 Å². The normalized spacial score (nSPS) is 48.5. The average Bonchev–Trinajstić information content (AvgIpc) is 2.59. The Morgan fingerprint density at radius 1 is 0.667 bits per heavy atom. The van der Waals surface area contributed by atoms with Gasteiger partial charge in [-0.3, -0.25) is 0 Å². The zero-order valence-corrected chi connectivity index (χ0v) is 8.55. The first-order valence-electron chi connectivity index (χ1n) is 5.79. The zero-order valence-electron chi connectivity index (χ0n) is 8.55. The minimum Gasteiger partial charge on any atom is -0.0622 e. The van der Waals surface area contributed by atoms with Gasteiger partial charge in [0.05, 0.1) is 0 Å². The van der Waals surface area contributed by atoms with Gasteiger partial charge < -0.3 is 0 Å². The molecule has 2 rings (SSSR count). The van der Waals surface area contributed by atoms with Crippen LogP contribution in [-0.4, -0.2) is 0 Å². The van der Waals surface area contributed by atoms with Gasteiger partial charge in [0.1, 0.15) is 0 Å². The van der Waals surface area contributed by atoms with Crippen molar-refractivity contribution in [2.45, 2.75) is 52.4 Å². The predicted molar refractivity (Wildman–Crippen MR) is 53.0 cm³/mol. The highest BCUT2D eigenvalue weighted by Gasteiger charge is 2.35. The van der Waals surface area contributed by atoms with Crippen molar-refractivity contribution in [1.82, 2.24) is 0 Å². The van der Waals surface area contributed by atoms with E-state index in [0.29, 0.717) is 0 Å². The first-order chi connectivity index (χ1) is 5.79. The second-order valence-electron chi connectivity index (χ2n) is 5.14.